The van der Waals surface area contributed by atoms with Gasteiger partial charge in [-0.25, -0.2) is 0 Å². The lowest BCUT2D eigenvalue weighted by atomic mass is 10.1. The molecule has 0 aliphatic heterocycles. The summed E-state index contributed by atoms with van der Waals surface area (Å²) in [6.45, 7) is 2.14. The average Bonchev–Trinajstić information content (AvgIpc) is 2.43. The second-order valence-corrected chi connectivity index (χ2v) is 4.37. The molecule has 0 atom stereocenters. The number of hydrogen-bond acceptors (Lipinski definition) is 2. The molecule has 1 aromatic rings. The van der Waals surface area contributed by atoms with E-state index in [1.807, 2.05) is 18.2 Å². The Morgan fingerprint density at radius 1 is 1.45 bits per heavy atom. The summed E-state index contributed by atoms with van der Waals surface area (Å²) < 4.78 is 5.28. The highest BCUT2D eigenvalue weighted by molar-refractivity contribution is 5.70. The van der Waals surface area contributed by atoms with Crippen LogP contribution in [0.1, 0.15) is 43.7 Å². The molecule has 0 spiro atoms. The number of aliphatic carboxylic acids is 1. The Morgan fingerprint density at radius 2 is 2.25 bits per heavy atom. The third-order valence-electron chi connectivity index (χ3n) is 2.70. The number of carbonyl (C=O) groups is 1. The molecule has 3 nitrogen and oxygen atoms in total. The number of rotatable bonds is 6. The summed E-state index contributed by atoms with van der Waals surface area (Å²) >= 11 is 0. The van der Waals surface area contributed by atoms with E-state index < -0.39 is 5.97 Å². The van der Waals surface area contributed by atoms with E-state index in [0.717, 1.165) is 36.1 Å². The Morgan fingerprint density at radius 3 is 2.90 bits per heavy atom. The first kappa shape index (κ1) is 15.8. The van der Waals surface area contributed by atoms with E-state index in [9.17, 15) is 4.79 Å². The van der Waals surface area contributed by atoms with Crippen LogP contribution in [0.15, 0.2) is 24.3 Å². The number of carboxylic acid groups (broad SMARTS) is 1. The summed E-state index contributed by atoms with van der Waals surface area (Å²) in [5.74, 6) is 6.15. The van der Waals surface area contributed by atoms with Gasteiger partial charge in [-0.3, -0.25) is 4.79 Å². The van der Waals surface area contributed by atoms with Crippen molar-refractivity contribution in [2.45, 2.75) is 32.6 Å². The van der Waals surface area contributed by atoms with E-state index in [-0.39, 0.29) is 6.42 Å². The molecule has 1 N–H and O–H groups in total. The first-order valence-electron chi connectivity index (χ1n) is 6.72. The zero-order chi connectivity index (χ0) is 14.8. The van der Waals surface area contributed by atoms with Crippen molar-refractivity contribution in [2.24, 2.45) is 0 Å². The van der Waals surface area contributed by atoms with Gasteiger partial charge < -0.3 is 9.84 Å². The van der Waals surface area contributed by atoms with Crippen molar-refractivity contribution in [2.75, 3.05) is 7.11 Å². The van der Waals surface area contributed by atoms with Crippen molar-refractivity contribution in [3.8, 4) is 17.6 Å². The second-order valence-electron chi connectivity index (χ2n) is 4.37. The van der Waals surface area contributed by atoms with Crippen molar-refractivity contribution in [3.05, 3.63) is 35.4 Å². The number of hydrogen-bond donors (Lipinski definition) is 1. The summed E-state index contributed by atoms with van der Waals surface area (Å²) in [6, 6.07) is 5.65. The third kappa shape index (κ3) is 5.62. The normalized spacial score (nSPS) is 10.1. The smallest absolute Gasteiger partial charge is 0.307 e. The van der Waals surface area contributed by atoms with Crippen LogP contribution in [-0.2, 0) is 4.79 Å². The minimum Gasteiger partial charge on any atom is -0.495 e. The van der Waals surface area contributed by atoms with Gasteiger partial charge in [0, 0.05) is 6.42 Å². The number of carboxylic acids is 1. The molecule has 1 aromatic carbocycles. The molecular weight excluding hydrogens is 252 g/mol. The number of unbranched alkanes of at least 4 members (excludes halogenated alkanes) is 2. The van der Waals surface area contributed by atoms with Crippen LogP contribution in [0.5, 0.6) is 5.75 Å². The van der Waals surface area contributed by atoms with E-state index in [4.69, 9.17) is 9.84 Å². The van der Waals surface area contributed by atoms with Crippen molar-refractivity contribution >= 4 is 12.0 Å². The van der Waals surface area contributed by atoms with Gasteiger partial charge in [0.05, 0.1) is 19.1 Å². The van der Waals surface area contributed by atoms with Gasteiger partial charge in [0.25, 0.3) is 0 Å². The Kier molecular flexibility index (Phi) is 6.99. The Hall–Kier alpha value is -2.21. The zero-order valence-corrected chi connectivity index (χ0v) is 12.0. The molecule has 1 rings (SSSR count). The number of ether oxygens (including phenoxy) is 1. The molecule has 0 fully saturated rings. The van der Waals surface area contributed by atoms with Crippen LogP contribution in [0.3, 0.4) is 0 Å². The standard InChI is InChI=1S/C17H20O3/c1-3-4-5-6-9-15-13-14(8-7-10-17(18)19)11-12-16(15)20-2/h7-8,11-13H,3-5,10H2,1-2H3,(H,18,19). The van der Waals surface area contributed by atoms with Crippen LogP contribution >= 0.6 is 0 Å². The van der Waals surface area contributed by atoms with Crippen molar-refractivity contribution < 1.29 is 14.6 Å². The van der Waals surface area contributed by atoms with E-state index in [1.54, 1.807) is 19.3 Å². The highest BCUT2D eigenvalue weighted by Crippen LogP contribution is 2.19. The highest BCUT2D eigenvalue weighted by Gasteiger charge is 2.00. The van der Waals surface area contributed by atoms with Crippen LogP contribution in [0.4, 0.5) is 0 Å². The molecule has 0 aliphatic carbocycles. The molecule has 106 valence electrons. The van der Waals surface area contributed by atoms with Crippen LogP contribution < -0.4 is 4.74 Å². The average molecular weight is 272 g/mol. The molecule has 0 amide bonds. The van der Waals surface area contributed by atoms with E-state index >= 15 is 0 Å². The van der Waals surface area contributed by atoms with Gasteiger partial charge >= 0.3 is 5.97 Å². The quantitative estimate of drug-likeness (QED) is 0.634. The van der Waals surface area contributed by atoms with Gasteiger partial charge in [0.15, 0.2) is 0 Å². The van der Waals surface area contributed by atoms with Crippen LogP contribution in [0.25, 0.3) is 6.08 Å². The molecule has 0 unspecified atom stereocenters. The first-order chi connectivity index (χ1) is 9.67. The van der Waals surface area contributed by atoms with E-state index in [1.165, 1.54) is 0 Å². The van der Waals surface area contributed by atoms with Crippen molar-refractivity contribution in [1.29, 1.82) is 0 Å². The fourth-order valence-corrected chi connectivity index (χ4v) is 1.65. The van der Waals surface area contributed by atoms with Crippen molar-refractivity contribution in [1.82, 2.24) is 0 Å². The largest absolute Gasteiger partial charge is 0.495 e. The zero-order valence-electron chi connectivity index (χ0n) is 12.0. The van der Waals surface area contributed by atoms with Crippen LogP contribution in [-0.4, -0.2) is 18.2 Å². The van der Waals surface area contributed by atoms with Gasteiger partial charge in [-0.05, 0) is 24.1 Å². The van der Waals surface area contributed by atoms with E-state index in [0.29, 0.717) is 0 Å². The maximum Gasteiger partial charge on any atom is 0.307 e. The number of benzene rings is 1. The summed E-state index contributed by atoms with van der Waals surface area (Å²) in [5, 5.41) is 8.60. The topological polar surface area (TPSA) is 46.5 Å². The summed E-state index contributed by atoms with van der Waals surface area (Å²) in [6.07, 6.45) is 6.52. The second kappa shape index (κ2) is 8.82. The fraction of sp³-hybridized carbons (Fsp3) is 0.353. The minimum atomic E-state index is -0.839. The maximum atomic E-state index is 10.5. The SMILES string of the molecule is CCCCC#Cc1cc(C=CCC(=O)O)ccc1OC. The van der Waals surface area contributed by atoms with Crippen LogP contribution in [0, 0.1) is 11.8 Å². The molecule has 0 bridgehead atoms. The molecule has 0 saturated carbocycles. The molecule has 0 aromatic heterocycles. The maximum absolute atomic E-state index is 10.5. The highest BCUT2D eigenvalue weighted by atomic mass is 16.5. The lowest BCUT2D eigenvalue weighted by Crippen LogP contribution is -1.90. The van der Waals surface area contributed by atoms with Crippen LogP contribution in [0.2, 0.25) is 0 Å². The van der Waals surface area contributed by atoms with E-state index in [2.05, 4.69) is 18.8 Å². The molecule has 0 heterocycles. The Bertz CT molecular complexity index is 533. The summed E-state index contributed by atoms with van der Waals surface area (Å²) in [5.41, 5.74) is 1.76. The Labute approximate surface area is 120 Å². The molecule has 0 radical (unpaired) electrons. The monoisotopic (exact) mass is 272 g/mol. The third-order valence-corrected chi connectivity index (χ3v) is 2.70. The lowest BCUT2D eigenvalue weighted by molar-refractivity contribution is -0.135. The Balaban J connectivity index is 2.86. The lowest BCUT2D eigenvalue weighted by Gasteiger charge is -2.04. The molecule has 0 aliphatic rings. The molecule has 20 heavy (non-hydrogen) atoms. The predicted molar refractivity (Wildman–Crippen MR) is 80.7 cm³/mol. The molecular formula is C17H20O3. The van der Waals surface area contributed by atoms with Gasteiger partial charge in [-0.15, -0.1) is 0 Å². The summed E-state index contributed by atoms with van der Waals surface area (Å²) in [4.78, 5) is 10.5. The predicted octanol–water partition coefficient (Wildman–Crippen LogP) is 3.72. The van der Waals surface area contributed by atoms with Crippen molar-refractivity contribution in [3.63, 3.8) is 0 Å². The fourth-order valence-electron chi connectivity index (χ4n) is 1.65. The van der Waals surface area contributed by atoms with Gasteiger partial charge in [0.1, 0.15) is 5.75 Å². The van der Waals surface area contributed by atoms with Gasteiger partial charge in [-0.2, -0.15) is 0 Å². The molecule has 0 saturated heterocycles. The van der Waals surface area contributed by atoms with Gasteiger partial charge in [-0.1, -0.05) is 43.4 Å². The molecule has 3 heteroatoms. The van der Waals surface area contributed by atoms with Gasteiger partial charge in [0.2, 0.25) is 0 Å². The first-order valence-corrected chi connectivity index (χ1v) is 6.72. The minimum absolute atomic E-state index is 0.0174. The number of methoxy groups -OCH3 is 1. The summed E-state index contributed by atoms with van der Waals surface area (Å²) in [7, 11) is 1.62.